The fourth-order valence-electron chi connectivity index (χ4n) is 3.67. The van der Waals surface area contributed by atoms with Gasteiger partial charge in [0.25, 0.3) is 0 Å². The lowest BCUT2D eigenvalue weighted by molar-refractivity contribution is -0.129. The summed E-state index contributed by atoms with van der Waals surface area (Å²) in [6.45, 7) is 0. The number of rotatable bonds is 8. The average molecular weight is 480 g/mol. The SMILES string of the molecule is CO/N=C(/C(=O)O)c1csc(NC(c2ccccc2)(c2ccccc2)c2ccccc2)n1.Cl. The molecule has 1 heterocycles. The maximum absolute atomic E-state index is 11.6. The number of carboxylic acid groups (broad SMARTS) is 1. The molecule has 2 N–H and O–H groups in total. The zero-order chi connectivity index (χ0) is 22.4. The minimum absolute atomic E-state index is 0. The van der Waals surface area contributed by atoms with E-state index in [9.17, 15) is 9.90 Å². The summed E-state index contributed by atoms with van der Waals surface area (Å²) in [7, 11) is 1.31. The van der Waals surface area contributed by atoms with Crippen molar-refractivity contribution >= 4 is 40.6 Å². The fourth-order valence-corrected chi connectivity index (χ4v) is 4.42. The van der Waals surface area contributed by atoms with Crippen LogP contribution in [0.1, 0.15) is 22.4 Å². The molecule has 0 saturated carbocycles. The van der Waals surface area contributed by atoms with Crippen LogP contribution in [0.5, 0.6) is 0 Å². The maximum Gasteiger partial charge on any atom is 0.360 e. The van der Waals surface area contributed by atoms with Crippen LogP contribution in [-0.2, 0) is 15.2 Å². The van der Waals surface area contributed by atoms with E-state index < -0.39 is 11.5 Å². The Morgan fingerprint density at radius 3 is 1.76 bits per heavy atom. The van der Waals surface area contributed by atoms with Crippen molar-refractivity contribution in [3.8, 4) is 0 Å². The summed E-state index contributed by atoms with van der Waals surface area (Å²) >= 11 is 1.31. The van der Waals surface area contributed by atoms with E-state index in [-0.39, 0.29) is 23.8 Å². The molecule has 6 nitrogen and oxygen atoms in total. The standard InChI is InChI=1S/C25H21N3O3S.ClH/c1-31-28-22(23(29)30)21-17-32-24(26-21)27-25(18-11-5-2-6-12-18,19-13-7-3-8-14-19)20-15-9-4-10-16-20;/h2-17H,1H3,(H,26,27)(H,29,30);1H/b28-22+;. The van der Waals surface area contributed by atoms with Gasteiger partial charge in [0.1, 0.15) is 18.3 Å². The number of hydrogen-bond acceptors (Lipinski definition) is 6. The molecule has 1 aromatic heterocycles. The third kappa shape index (κ3) is 4.89. The monoisotopic (exact) mass is 479 g/mol. The van der Waals surface area contributed by atoms with Gasteiger partial charge >= 0.3 is 5.97 Å². The second kappa shape index (κ2) is 10.8. The molecule has 0 fully saturated rings. The van der Waals surface area contributed by atoms with Gasteiger partial charge in [0, 0.05) is 5.38 Å². The van der Waals surface area contributed by atoms with Crippen molar-refractivity contribution in [1.29, 1.82) is 0 Å². The highest BCUT2D eigenvalue weighted by Crippen LogP contribution is 2.40. The number of halogens is 1. The molecular formula is C25H22ClN3O3S. The highest BCUT2D eigenvalue weighted by atomic mass is 35.5. The van der Waals surface area contributed by atoms with E-state index in [0.717, 1.165) is 16.7 Å². The molecule has 33 heavy (non-hydrogen) atoms. The largest absolute Gasteiger partial charge is 0.476 e. The molecule has 0 saturated heterocycles. The van der Waals surface area contributed by atoms with E-state index in [0.29, 0.717) is 5.13 Å². The first-order chi connectivity index (χ1) is 15.6. The molecule has 8 heteroatoms. The quantitative estimate of drug-likeness (QED) is 0.201. The van der Waals surface area contributed by atoms with Crippen LogP contribution in [0.2, 0.25) is 0 Å². The number of aromatic nitrogens is 1. The van der Waals surface area contributed by atoms with Crippen LogP contribution < -0.4 is 5.32 Å². The zero-order valence-corrected chi connectivity index (χ0v) is 19.3. The fraction of sp³-hybridized carbons (Fsp3) is 0.0800. The average Bonchev–Trinajstić information content (AvgIpc) is 3.30. The lowest BCUT2D eigenvalue weighted by Gasteiger charge is -2.36. The summed E-state index contributed by atoms with van der Waals surface area (Å²) in [6, 6.07) is 30.3. The van der Waals surface area contributed by atoms with Crippen molar-refractivity contribution in [2.75, 3.05) is 12.4 Å². The van der Waals surface area contributed by atoms with Crippen molar-refractivity contribution in [1.82, 2.24) is 4.98 Å². The van der Waals surface area contributed by atoms with E-state index in [1.807, 2.05) is 54.6 Å². The molecule has 4 aromatic rings. The minimum atomic E-state index is -1.20. The molecule has 168 valence electrons. The van der Waals surface area contributed by atoms with E-state index in [4.69, 9.17) is 0 Å². The molecule has 0 bridgehead atoms. The number of carbonyl (C=O) groups is 1. The molecular weight excluding hydrogens is 458 g/mol. The van der Waals surface area contributed by atoms with Gasteiger partial charge in [-0.2, -0.15) is 0 Å². The van der Waals surface area contributed by atoms with E-state index in [1.54, 1.807) is 5.38 Å². The van der Waals surface area contributed by atoms with Crippen LogP contribution >= 0.6 is 23.7 Å². The smallest absolute Gasteiger partial charge is 0.360 e. The Morgan fingerprint density at radius 2 is 1.36 bits per heavy atom. The summed E-state index contributed by atoms with van der Waals surface area (Å²) in [6.07, 6.45) is 0. The zero-order valence-electron chi connectivity index (χ0n) is 17.7. The normalized spacial score (nSPS) is 11.4. The summed E-state index contributed by atoms with van der Waals surface area (Å²) < 4.78 is 0. The number of anilines is 1. The highest BCUT2D eigenvalue weighted by Gasteiger charge is 2.37. The van der Waals surface area contributed by atoms with Crippen LogP contribution in [0.25, 0.3) is 0 Å². The molecule has 0 amide bonds. The number of carboxylic acids is 1. The van der Waals surface area contributed by atoms with Crippen molar-refractivity contribution in [3.63, 3.8) is 0 Å². The second-order valence-electron chi connectivity index (χ2n) is 6.94. The van der Waals surface area contributed by atoms with Gasteiger partial charge in [-0.1, -0.05) is 96.2 Å². The molecule has 0 radical (unpaired) electrons. The first kappa shape index (κ1) is 24.0. The van der Waals surface area contributed by atoms with Gasteiger partial charge in [-0.3, -0.25) is 0 Å². The van der Waals surface area contributed by atoms with Gasteiger partial charge in [0.05, 0.1) is 0 Å². The first-order valence-electron chi connectivity index (χ1n) is 9.90. The molecule has 3 aromatic carbocycles. The van der Waals surface area contributed by atoms with Crippen LogP contribution in [-0.4, -0.2) is 28.9 Å². The third-order valence-corrected chi connectivity index (χ3v) is 5.80. The van der Waals surface area contributed by atoms with E-state index in [2.05, 4.69) is 56.7 Å². The first-order valence-corrected chi connectivity index (χ1v) is 10.8. The van der Waals surface area contributed by atoms with Gasteiger partial charge in [-0.25, -0.2) is 9.78 Å². The molecule has 0 unspecified atom stereocenters. The topological polar surface area (TPSA) is 83.8 Å². The summed E-state index contributed by atoms with van der Waals surface area (Å²) in [5.74, 6) is -1.20. The van der Waals surface area contributed by atoms with Gasteiger partial charge < -0.3 is 15.3 Å². The molecule has 0 aliphatic heterocycles. The van der Waals surface area contributed by atoms with Crippen molar-refractivity contribution in [2.45, 2.75) is 5.54 Å². The van der Waals surface area contributed by atoms with Gasteiger partial charge in [0.15, 0.2) is 5.13 Å². The Bertz CT molecular complexity index is 1120. The Hall–Kier alpha value is -3.68. The maximum atomic E-state index is 11.6. The summed E-state index contributed by atoms with van der Waals surface area (Å²) in [5, 5.41) is 18.9. The summed E-state index contributed by atoms with van der Waals surface area (Å²) in [4.78, 5) is 20.8. The predicted molar refractivity (Wildman–Crippen MR) is 133 cm³/mol. The lowest BCUT2D eigenvalue weighted by Crippen LogP contribution is -2.38. The second-order valence-corrected chi connectivity index (χ2v) is 7.80. The number of nitrogens with one attached hydrogen (secondary N) is 1. The van der Waals surface area contributed by atoms with E-state index in [1.165, 1.54) is 18.4 Å². The van der Waals surface area contributed by atoms with Crippen molar-refractivity contribution in [2.24, 2.45) is 5.16 Å². The number of aliphatic carboxylic acids is 1. The molecule has 0 aliphatic carbocycles. The lowest BCUT2D eigenvalue weighted by atomic mass is 9.77. The Morgan fingerprint density at radius 1 is 0.909 bits per heavy atom. The number of nitrogens with zero attached hydrogens (tertiary/aromatic N) is 2. The Labute approximate surface area is 202 Å². The van der Waals surface area contributed by atoms with Gasteiger partial charge in [-0.05, 0) is 16.7 Å². The summed E-state index contributed by atoms with van der Waals surface area (Å²) in [5.41, 5.74) is 2.31. The van der Waals surface area contributed by atoms with Crippen molar-refractivity contribution < 1.29 is 14.7 Å². The Balaban J connectivity index is 0.00000306. The molecule has 4 rings (SSSR count). The van der Waals surface area contributed by atoms with Crippen LogP contribution in [0.3, 0.4) is 0 Å². The van der Waals surface area contributed by atoms with Crippen molar-refractivity contribution in [3.05, 3.63) is 119 Å². The number of oxime groups is 1. The minimum Gasteiger partial charge on any atom is -0.476 e. The molecule has 0 atom stereocenters. The van der Waals surface area contributed by atoms with Crippen LogP contribution in [0.4, 0.5) is 5.13 Å². The van der Waals surface area contributed by atoms with Gasteiger partial charge in [-0.15, -0.1) is 23.7 Å². The number of benzene rings is 3. The van der Waals surface area contributed by atoms with Crippen LogP contribution in [0, 0.1) is 0 Å². The number of hydrogen-bond donors (Lipinski definition) is 2. The highest BCUT2D eigenvalue weighted by molar-refractivity contribution is 7.14. The Kier molecular flexibility index (Phi) is 7.82. The predicted octanol–water partition coefficient (Wildman–Crippen LogP) is 5.40. The number of thiazole rings is 1. The molecule has 0 spiro atoms. The van der Waals surface area contributed by atoms with E-state index >= 15 is 0 Å². The third-order valence-electron chi connectivity index (χ3n) is 5.05. The van der Waals surface area contributed by atoms with Gasteiger partial charge in [0.2, 0.25) is 5.71 Å². The molecule has 0 aliphatic rings. The van der Waals surface area contributed by atoms with Crippen LogP contribution in [0.15, 0.2) is 102 Å².